The van der Waals surface area contributed by atoms with Crippen LogP contribution in [0.1, 0.15) is 45.4 Å². The van der Waals surface area contributed by atoms with Crippen LogP contribution in [-0.4, -0.2) is 13.7 Å². The Morgan fingerprint density at radius 1 is 1.06 bits per heavy atom. The number of hydrogen-bond acceptors (Lipinski definition) is 2. The molecule has 2 nitrogen and oxygen atoms in total. The third-order valence-corrected chi connectivity index (χ3v) is 7.52. The Morgan fingerprint density at radius 3 is 1.75 bits per heavy atom. The summed E-state index contributed by atoms with van der Waals surface area (Å²) in [5.41, 5.74) is 0.0231. The molecule has 4 fully saturated rings. The topological polar surface area (TPSA) is 34.1 Å². The van der Waals surface area contributed by atoms with Crippen molar-refractivity contribution in [1.82, 2.24) is 0 Å². The van der Waals surface area contributed by atoms with Crippen molar-refractivity contribution in [3.05, 3.63) is 0 Å². The first-order chi connectivity index (χ1) is 7.39. The summed E-state index contributed by atoms with van der Waals surface area (Å²) in [5, 5.41) is -0.352. The Morgan fingerprint density at radius 2 is 1.44 bits per heavy atom. The van der Waals surface area contributed by atoms with E-state index in [1.54, 1.807) is 0 Å². The fourth-order valence-electron chi connectivity index (χ4n) is 4.97. The van der Waals surface area contributed by atoms with Gasteiger partial charge in [0.15, 0.2) is 0 Å². The van der Waals surface area contributed by atoms with E-state index in [-0.39, 0.29) is 10.7 Å². The maximum Gasteiger partial charge on any atom is 0.235 e. The first-order valence-electron chi connectivity index (χ1n) is 6.32. The number of rotatable bonds is 2. The van der Waals surface area contributed by atoms with E-state index >= 15 is 0 Å². The van der Waals surface area contributed by atoms with Crippen LogP contribution in [0.5, 0.6) is 0 Å². The van der Waals surface area contributed by atoms with Crippen molar-refractivity contribution in [2.75, 3.05) is 0 Å². The Hall–Kier alpha value is 0.240. The third kappa shape index (κ3) is 1.62. The molecule has 0 heterocycles. The van der Waals surface area contributed by atoms with Gasteiger partial charge in [-0.3, -0.25) is 0 Å². The molecule has 0 aromatic heterocycles. The standard InChI is InChI=1S/C12H19ClO2S/c1-8(16(13,14)15)12-5-9-2-10(6-12)4-11(3-9)7-12/h8-11H,2-7H2,1H3. The van der Waals surface area contributed by atoms with Gasteiger partial charge in [-0.1, -0.05) is 0 Å². The van der Waals surface area contributed by atoms with Gasteiger partial charge in [0.25, 0.3) is 0 Å². The minimum Gasteiger partial charge on any atom is -0.212 e. The van der Waals surface area contributed by atoms with E-state index in [1.165, 1.54) is 19.3 Å². The number of halogens is 1. The first kappa shape index (κ1) is 11.3. The molecule has 16 heavy (non-hydrogen) atoms. The van der Waals surface area contributed by atoms with Gasteiger partial charge in [-0.05, 0) is 68.6 Å². The molecule has 0 N–H and O–H groups in total. The van der Waals surface area contributed by atoms with Gasteiger partial charge in [-0.2, -0.15) is 0 Å². The smallest absolute Gasteiger partial charge is 0.212 e. The summed E-state index contributed by atoms with van der Waals surface area (Å²) in [6.45, 7) is 1.83. The van der Waals surface area contributed by atoms with Crippen LogP contribution >= 0.6 is 10.7 Å². The quantitative estimate of drug-likeness (QED) is 0.717. The van der Waals surface area contributed by atoms with Gasteiger partial charge in [0.1, 0.15) is 0 Å². The van der Waals surface area contributed by atoms with Crippen LogP contribution in [0.2, 0.25) is 0 Å². The molecule has 4 heteroatoms. The van der Waals surface area contributed by atoms with Crippen molar-refractivity contribution in [3.63, 3.8) is 0 Å². The molecule has 0 amide bonds. The zero-order valence-electron chi connectivity index (χ0n) is 9.65. The Labute approximate surface area is 102 Å². The van der Waals surface area contributed by atoms with Crippen LogP contribution in [0.15, 0.2) is 0 Å². The van der Waals surface area contributed by atoms with Crippen molar-refractivity contribution in [2.45, 2.75) is 50.7 Å². The van der Waals surface area contributed by atoms with Gasteiger partial charge in [0.05, 0.1) is 5.25 Å². The molecule has 4 saturated carbocycles. The third-order valence-electron chi connectivity index (χ3n) is 5.37. The van der Waals surface area contributed by atoms with Crippen LogP contribution in [0.25, 0.3) is 0 Å². The fraction of sp³-hybridized carbons (Fsp3) is 1.00. The van der Waals surface area contributed by atoms with Crippen molar-refractivity contribution < 1.29 is 8.42 Å². The summed E-state index contributed by atoms with van der Waals surface area (Å²) in [6, 6.07) is 0. The van der Waals surface area contributed by atoms with Crippen molar-refractivity contribution in [2.24, 2.45) is 23.2 Å². The highest BCUT2D eigenvalue weighted by Gasteiger charge is 2.55. The summed E-state index contributed by atoms with van der Waals surface area (Å²) in [4.78, 5) is 0. The van der Waals surface area contributed by atoms with Crippen LogP contribution < -0.4 is 0 Å². The Balaban J connectivity index is 1.94. The molecule has 4 aliphatic rings. The summed E-state index contributed by atoms with van der Waals surface area (Å²) in [7, 11) is 2.20. The molecule has 1 atom stereocenters. The molecule has 4 bridgehead atoms. The largest absolute Gasteiger partial charge is 0.235 e. The molecule has 1 unspecified atom stereocenters. The van der Waals surface area contributed by atoms with Gasteiger partial charge in [-0.15, -0.1) is 0 Å². The first-order valence-corrected chi connectivity index (χ1v) is 8.70. The fourth-order valence-corrected chi connectivity index (χ4v) is 6.43. The molecule has 4 rings (SSSR count). The predicted octanol–water partition coefficient (Wildman–Crippen LogP) is 3.16. The molecular weight excluding hydrogens is 244 g/mol. The van der Waals surface area contributed by atoms with E-state index in [2.05, 4.69) is 0 Å². The highest BCUT2D eigenvalue weighted by molar-refractivity contribution is 8.14. The summed E-state index contributed by atoms with van der Waals surface area (Å²) < 4.78 is 23.2. The second-order valence-electron chi connectivity index (χ2n) is 6.40. The van der Waals surface area contributed by atoms with Crippen molar-refractivity contribution >= 4 is 19.7 Å². The average molecular weight is 263 g/mol. The summed E-state index contributed by atoms with van der Waals surface area (Å²) >= 11 is 0. The molecule has 0 aromatic rings. The second kappa shape index (κ2) is 3.38. The van der Waals surface area contributed by atoms with Crippen LogP contribution in [0, 0.1) is 23.2 Å². The van der Waals surface area contributed by atoms with Crippen LogP contribution in [-0.2, 0) is 9.05 Å². The van der Waals surface area contributed by atoms with E-state index in [4.69, 9.17) is 10.7 Å². The second-order valence-corrected chi connectivity index (χ2v) is 9.35. The van der Waals surface area contributed by atoms with Gasteiger partial charge < -0.3 is 0 Å². The molecule has 0 aromatic carbocycles. The van der Waals surface area contributed by atoms with Crippen molar-refractivity contribution in [1.29, 1.82) is 0 Å². The molecule has 4 aliphatic carbocycles. The number of hydrogen-bond donors (Lipinski definition) is 0. The zero-order valence-corrected chi connectivity index (χ0v) is 11.2. The SMILES string of the molecule is CC(C12CC3CC(CC(C3)C1)C2)S(=O)(=O)Cl. The zero-order chi connectivity index (χ0) is 11.6. The maximum absolute atomic E-state index is 11.6. The van der Waals surface area contributed by atoms with Gasteiger partial charge in [0.2, 0.25) is 9.05 Å². The normalized spacial score (nSPS) is 48.2. The lowest BCUT2D eigenvalue weighted by Crippen LogP contribution is -2.52. The monoisotopic (exact) mass is 262 g/mol. The Bertz CT molecular complexity index is 366. The minimum absolute atomic E-state index is 0.0231. The van der Waals surface area contributed by atoms with Gasteiger partial charge >= 0.3 is 0 Å². The minimum atomic E-state index is -3.39. The van der Waals surface area contributed by atoms with Crippen LogP contribution in [0.3, 0.4) is 0 Å². The maximum atomic E-state index is 11.6. The highest BCUT2D eigenvalue weighted by atomic mass is 35.7. The molecular formula is C12H19ClO2S. The molecule has 0 saturated heterocycles. The van der Waals surface area contributed by atoms with Gasteiger partial charge in [-0.25, -0.2) is 8.42 Å². The highest BCUT2D eigenvalue weighted by Crippen LogP contribution is 2.62. The van der Waals surface area contributed by atoms with E-state index in [0.717, 1.165) is 37.0 Å². The van der Waals surface area contributed by atoms with Crippen LogP contribution in [0.4, 0.5) is 0 Å². The molecule has 0 aliphatic heterocycles. The van der Waals surface area contributed by atoms with E-state index in [9.17, 15) is 8.42 Å². The van der Waals surface area contributed by atoms with Gasteiger partial charge in [0, 0.05) is 10.7 Å². The summed E-state index contributed by atoms with van der Waals surface area (Å²) in [6.07, 6.45) is 7.33. The van der Waals surface area contributed by atoms with E-state index < -0.39 is 9.05 Å². The van der Waals surface area contributed by atoms with E-state index in [0.29, 0.717) is 0 Å². The lowest BCUT2D eigenvalue weighted by Gasteiger charge is -2.58. The lowest BCUT2D eigenvalue weighted by atomic mass is 9.49. The predicted molar refractivity (Wildman–Crippen MR) is 64.8 cm³/mol. The lowest BCUT2D eigenvalue weighted by molar-refractivity contribution is -0.0520. The molecule has 0 radical (unpaired) electrons. The van der Waals surface area contributed by atoms with Crippen molar-refractivity contribution in [3.8, 4) is 0 Å². The summed E-state index contributed by atoms with van der Waals surface area (Å²) in [5.74, 6) is 2.35. The molecule has 92 valence electrons. The average Bonchev–Trinajstić information content (AvgIpc) is 2.12. The van der Waals surface area contributed by atoms with E-state index in [1.807, 2.05) is 6.92 Å². The molecule has 0 spiro atoms. The Kier molecular flexibility index (Phi) is 2.39.